The second kappa shape index (κ2) is 12.2. The monoisotopic (exact) mass is 633 g/mol. The molecule has 1 aliphatic rings. The number of aryl methyl sites for hydroxylation is 1. The van der Waals surface area contributed by atoms with E-state index in [1.165, 1.54) is 41.2 Å². The summed E-state index contributed by atoms with van der Waals surface area (Å²) in [6.45, 7) is -0.725. The first-order valence-electron chi connectivity index (χ1n) is 12.3. The number of thiocarbonyl (C=S) groups is 1. The fourth-order valence-corrected chi connectivity index (χ4v) is 4.86. The second-order valence-electron chi connectivity index (χ2n) is 9.11. The van der Waals surface area contributed by atoms with Crippen molar-refractivity contribution in [3.63, 3.8) is 0 Å². The number of carbonyl (C=O) groups excluding carboxylic acids is 2. The Hall–Kier alpha value is -3.85. The predicted molar refractivity (Wildman–Crippen MR) is 145 cm³/mol. The molecule has 1 aliphatic heterocycles. The summed E-state index contributed by atoms with van der Waals surface area (Å²) in [6.07, 6.45) is -10.7. The first-order chi connectivity index (χ1) is 19.7. The van der Waals surface area contributed by atoms with Crippen LogP contribution in [0.15, 0.2) is 54.6 Å². The van der Waals surface area contributed by atoms with Crippen molar-refractivity contribution < 1.29 is 40.7 Å². The number of amides is 2. The molecule has 3 aromatic rings. The van der Waals surface area contributed by atoms with Crippen molar-refractivity contribution in [2.45, 2.75) is 37.8 Å². The number of ether oxygens (including phenoxy) is 1. The Morgan fingerprint density at radius 1 is 1.02 bits per heavy atom. The zero-order valence-corrected chi connectivity index (χ0v) is 23.2. The van der Waals surface area contributed by atoms with E-state index in [0.717, 1.165) is 0 Å². The number of aromatic nitrogens is 2. The summed E-state index contributed by atoms with van der Waals surface area (Å²) in [5.41, 5.74) is -2.47. The highest BCUT2D eigenvalue weighted by Gasteiger charge is 2.45. The van der Waals surface area contributed by atoms with Crippen LogP contribution in [0.1, 0.15) is 24.2 Å². The largest absolute Gasteiger partial charge is 0.497 e. The fraction of sp³-hybridized carbons (Fsp3) is 0.308. The van der Waals surface area contributed by atoms with Crippen LogP contribution < -0.4 is 15.0 Å². The molecule has 0 saturated carbocycles. The first-order valence-corrected chi connectivity index (χ1v) is 13.0. The maximum Gasteiger partial charge on any atom is 0.435 e. The van der Waals surface area contributed by atoms with Crippen molar-refractivity contribution in [1.82, 2.24) is 14.7 Å². The number of nitrogens with one attached hydrogen (secondary N) is 1. The number of methoxy groups -OCH3 is 1. The number of carbonyl (C=O) groups is 2. The van der Waals surface area contributed by atoms with Gasteiger partial charge in [0.05, 0.1) is 19.2 Å². The molecule has 1 aromatic heterocycles. The summed E-state index contributed by atoms with van der Waals surface area (Å²) in [4.78, 5) is 28.9. The maximum atomic E-state index is 13.5. The van der Waals surface area contributed by atoms with Gasteiger partial charge in [0.25, 0.3) is 5.91 Å². The fourth-order valence-electron chi connectivity index (χ4n) is 4.32. The van der Waals surface area contributed by atoms with Crippen molar-refractivity contribution in [3.05, 3.63) is 71.0 Å². The van der Waals surface area contributed by atoms with Crippen LogP contribution in [0.4, 0.5) is 37.7 Å². The summed E-state index contributed by atoms with van der Waals surface area (Å²) in [5, 5.41) is 6.12. The lowest BCUT2D eigenvalue weighted by Crippen LogP contribution is -2.39. The van der Waals surface area contributed by atoms with E-state index in [2.05, 4.69) is 10.4 Å². The summed E-state index contributed by atoms with van der Waals surface area (Å²) in [5.74, 6) is -0.561. The summed E-state index contributed by atoms with van der Waals surface area (Å²) < 4.78 is 84.7. The summed E-state index contributed by atoms with van der Waals surface area (Å²) in [6, 6.07) is 11.3. The van der Waals surface area contributed by atoms with E-state index < -0.39 is 48.1 Å². The molecule has 42 heavy (non-hydrogen) atoms. The van der Waals surface area contributed by atoms with Gasteiger partial charge in [-0.15, -0.1) is 0 Å². The van der Waals surface area contributed by atoms with Crippen molar-refractivity contribution in [1.29, 1.82) is 0 Å². The highest BCUT2D eigenvalue weighted by Crippen LogP contribution is 2.35. The molecule has 1 saturated heterocycles. The van der Waals surface area contributed by atoms with Gasteiger partial charge in [-0.25, -0.2) is 0 Å². The van der Waals surface area contributed by atoms with E-state index >= 15 is 0 Å². The molecule has 8 nitrogen and oxygen atoms in total. The van der Waals surface area contributed by atoms with Gasteiger partial charge in [0.15, 0.2) is 10.8 Å². The van der Waals surface area contributed by atoms with Crippen LogP contribution in [0.5, 0.6) is 5.75 Å². The van der Waals surface area contributed by atoms with E-state index in [9.17, 15) is 35.9 Å². The van der Waals surface area contributed by atoms with Crippen LogP contribution in [-0.4, -0.2) is 51.3 Å². The van der Waals surface area contributed by atoms with Crippen LogP contribution in [-0.2, 0) is 28.5 Å². The molecule has 1 atom stereocenters. The SMILES string of the molecule is COc1ccc(NC(=O)C[C@H]2C(=O)N(c3ccc(Cl)cc3)C(=S)N2CCCn2nc(C(F)(F)F)cc2C(F)(F)F)cc1. The number of hydrogen-bond donors (Lipinski definition) is 1. The molecule has 2 heterocycles. The van der Waals surface area contributed by atoms with E-state index in [-0.39, 0.29) is 35.2 Å². The third-order valence-electron chi connectivity index (χ3n) is 6.29. The Labute approximate surface area is 245 Å². The highest BCUT2D eigenvalue weighted by atomic mass is 35.5. The van der Waals surface area contributed by atoms with Crippen molar-refractivity contribution in [3.8, 4) is 5.75 Å². The second-order valence-corrected chi connectivity index (χ2v) is 9.91. The standard InChI is InChI=1S/C26H22ClF6N5O3S/c1-41-18-9-5-16(6-10-18)34-22(39)13-19-23(40)38(17-7-3-15(27)4-8-17)24(42)36(19)11-2-12-37-21(26(31,32)33)14-20(35-37)25(28,29)30/h3-10,14,19H,2,11-13H2,1H3,(H,34,39)/t19-/m0/s1. The molecule has 0 unspecified atom stereocenters. The van der Waals surface area contributed by atoms with Gasteiger partial charge in [-0.2, -0.15) is 31.4 Å². The lowest BCUT2D eigenvalue weighted by Gasteiger charge is -2.24. The van der Waals surface area contributed by atoms with Crippen LogP contribution >= 0.6 is 23.8 Å². The van der Waals surface area contributed by atoms with E-state index in [1.807, 2.05) is 0 Å². The van der Waals surface area contributed by atoms with Gasteiger partial charge in [0.1, 0.15) is 17.5 Å². The molecule has 4 rings (SSSR count). The zero-order chi connectivity index (χ0) is 30.8. The third-order valence-corrected chi connectivity index (χ3v) is 6.95. The average molecular weight is 634 g/mol. The van der Waals surface area contributed by atoms with Crippen LogP contribution in [0, 0.1) is 0 Å². The Kier molecular flexibility index (Phi) is 9.01. The van der Waals surface area contributed by atoms with Gasteiger partial charge in [0, 0.05) is 29.9 Å². The molecule has 16 heteroatoms. The molecular weight excluding hydrogens is 612 g/mol. The molecule has 0 bridgehead atoms. The van der Waals surface area contributed by atoms with Crippen molar-refractivity contribution in [2.24, 2.45) is 0 Å². The van der Waals surface area contributed by atoms with E-state index in [4.69, 9.17) is 28.6 Å². The van der Waals surface area contributed by atoms with E-state index in [0.29, 0.717) is 22.1 Å². The Morgan fingerprint density at radius 3 is 2.24 bits per heavy atom. The average Bonchev–Trinajstić information content (AvgIpc) is 3.45. The minimum atomic E-state index is -5.08. The molecule has 0 spiro atoms. The normalized spacial score (nSPS) is 15.9. The number of nitrogens with zero attached hydrogens (tertiary/aromatic N) is 4. The summed E-state index contributed by atoms with van der Waals surface area (Å²) in [7, 11) is 1.48. The lowest BCUT2D eigenvalue weighted by molar-refractivity contribution is -0.144. The molecule has 0 aliphatic carbocycles. The molecular formula is C26H22ClF6N5O3S. The number of anilines is 2. The Morgan fingerprint density at radius 2 is 1.67 bits per heavy atom. The number of rotatable bonds is 9. The topological polar surface area (TPSA) is 79.7 Å². The van der Waals surface area contributed by atoms with Crippen molar-refractivity contribution in [2.75, 3.05) is 23.9 Å². The van der Waals surface area contributed by atoms with Crippen LogP contribution in [0.2, 0.25) is 5.02 Å². The maximum absolute atomic E-state index is 13.5. The lowest BCUT2D eigenvalue weighted by atomic mass is 10.1. The Balaban J connectivity index is 1.55. The van der Waals surface area contributed by atoms with Gasteiger partial charge in [-0.1, -0.05) is 11.6 Å². The number of hydrogen-bond acceptors (Lipinski definition) is 5. The molecule has 1 fully saturated rings. The number of alkyl halides is 6. The van der Waals surface area contributed by atoms with Gasteiger partial charge < -0.3 is 15.0 Å². The smallest absolute Gasteiger partial charge is 0.435 e. The third kappa shape index (κ3) is 6.95. The van der Waals surface area contributed by atoms with Gasteiger partial charge in [-0.3, -0.25) is 19.2 Å². The van der Waals surface area contributed by atoms with Crippen LogP contribution in [0.25, 0.3) is 0 Å². The van der Waals surface area contributed by atoms with Gasteiger partial charge in [0.2, 0.25) is 5.91 Å². The zero-order valence-electron chi connectivity index (χ0n) is 21.7. The highest BCUT2D eigenvalue weighted by molar-refractivity contribution is 7.80. The minimum absolute atomic E-state index is 0.0305. The first kappa shape index (κ1) is 31.1. The Bertz CT molecular complexity index is 1460. The number of benzene rings is 2. The molecule has 2 aromatic carbocycles. The molecule has 1 N–H and O–H groups in total. The van der Waals surface area contributed by atoms with Crippen LogP contribution in [0.3, 0.4) is 0 Å². The summed E-state index contributed by atoms with van der Waals surface area (Å²) >= 11 is 11.5. The number of halogens is 7. The molecule has 224 valence electrons. The van der Waals surface area contributed by atoms with Gasteiger partial charge in [-0.05, 0) is 67.2 Å². The molecule has 0 radical (unpaired) electrons. The molecule has 2 amide bonds. The van der Waals surface area contributed by atoms with Crippen molar-refractivity contribution >= 4 is 52.1 Å². The quantitative estimate of drug-likeness (QED) is 0.230. The van der Waals surface area contributed by atoms with E-state index in [1.54, 1.807) is 24.3 Å². The minimum Gasteiger partial charge on any atom is -0.497 e. The predicted octanol–water partition coefficient (Wildman–Crippen LogP) is 6.00. The van der Waals surface area contributed by atoms with Gasteiger partial charge >= 0.3 is 12.4 Å².